The van der Waals surface area contributed by atoms with Crippen LogP contribution >= 0.6 is 0 Å². The van der Waals surface area contributed by atoms with Crippen molar-refractivity contribution in [3.05, 3.63) is 0 Å². The third kappa shape index (κ3) is 26.8. The van der Waals surface area contributed by atoms with Gasteiger partial charge in [-0.1, -0.05) is 8.41 Å². The Hall–Kier alpha value is 1.71. The van der Waals surface area contributed by atoms with Crippen molar-refractivity contribution in [2.45, 2.75) is 0 Å². The van der Waals surface area contributed by atoms with Gasteiger partial charge in [0, 0.05) is 16.8 Å². The van der Waals surface area contributed by atoms with Gasteiger partial charge in [-0.25, -0.2) is 0 Å². The SMILES string of the molecule is [BH4-].[B].[B].[Na+].[SeH2]. The Bertz CT molecular complexity index is 6.85. The van der Waals surface area contributed by atoms with E-state index >= 15 is 0 Å². The molecule has 0 fully saturated rings. The van der Waals surface area contributed by atoms with Crippen LogP contribution in [0.15, 0.2) is 0 Å². The van der Waals surface area contributed by atoms with Crippen molar-refractivity contribution < 1.29 is 29.6 Å². The van der Waals surface area contributed by atoms with Crippen LogP contribution in [0.1, 0.15) is 0 Å². The molecule has 0 aliphatic carbocycles. The zero-order valence-electron chi connectivity index (χ0n) is 2.65. The molecule has 5 heteroatoms. The van der Waals surface area contributed by atoms with E-state index in [0.29, 0.717) is 0 Å². The average Bonchev–Trinajstić information content (AvgIpc) is 0. The first-order chi connectivity index (χ1) is 0. The Balaban J connectivity index is 0. The van der Waals surface area contributed by atoms with Gasteiger partial charge < -0.3 is 0 Å². The van der Waals surface area contributed by atoms with Crippen LogP contribution in [-0.4, -0.2) is 42.3 Å². The predicted molar refractivity (Wildman–Crippen MR) is 31.4 cm³/mol. The number of hydrogen-bond acceptors (Lipinski definition) is 0. The van der Waals surface area contributed by atoms with Gasteiger partial charge in [-0.2, -0.15) is 0 Å². The van der Waals surface area contributed by atoms with Crippen molar-refractivity contribution >= 4 is 42.3 Å². The first kappa shape index (κ1) is 74.6. The first-order valence-corrected chi connectivity index (χ1v) is 0. The van der Waals surface area contributed by atoms with Gasteiger partial charge in [0.1, 0.15) is 0 Å². The van der Waals surface area contributed by atoms with E-state index in [1.165, 1.54) is 0 Å². The Morgan fingerprint density at radius 2 is 0.800 bits per heavy atom. The molecule has 0 spiro atoms. The first-order valence-electron chi connectivity index (χ1n) is 0. The standard InChI is InChI=1S/BH4.2B.Na.H2Se/h1H4;;;;1H2/q-1;;;+1;. The van der Waals surface area contributed by atoms with Crippen molar-refractivity contribution in [1.29, 1.82) is 0 Å². The fourth-order valence-electron chi connectivity index (χ4n) is 0. The Morgan fingerprint density at radius 3 is 0.800 bits per heavy atom. The summed E-state index contributed by atoms with van der Waals surface area (Å²) in [4.78, 5) is 0. The third-order valence-corrected chi connectivity index (χ3v) is 0. The summed E-state index contributed by atoms with van der Waals surface area (Å²) in [5, 5.41) is 0. The summed E-state index contributed by atoms with van der Waals surface area (Å²) < 4.78 is 0. The van der Waals surface area contributed by atoms with Crippen molar-refractivity contribution in [1.82, 2.24) is 0 Å². The van der Waals surface area contributed by atoms with E-state index in [1.807, 2.05) is 0 Å². The molecule has 0 aliphatic heterocycles. The molecule has 22 valence electrons. The summed E-state index contributed by atoms with van der Waals surface area (Å²) >= 11 is 0. The molecule has 0 aromatic rings. The normalized spacial score (nSPS) is 0. The Morgan fingerprint density at radius 1 is 0.800 bits per heavy atom. The van der Waals surface area contributed by atoms with Gasteiger partial charge in [-0.3, -0.25) is 0 Å². The molecule has 0 aliphatic rings. The van der Waals surface area contributed by atoms with Gasteiger partial charge in [0.25, 0.3) is 0 Å². The summed E-state index contributed by atoms with van der Waals surface area (Å²) in [7, 11) is 0. The molecule has 6 radical (unpaired) electrons. The van der Waals surface area contributed by atoms with Gasteiger partial charge in [-0.05, 0) is 0 Å². The molecule has 0 atom stereocenters. The monoisotopic (exact) mass is 142 g/mol. The molecule has 0 saturated carbocycles. The van der Waals surface area contributed by atoms with Gasteiger partial charge in [0.05, 0.1) is 0 Å². The summed E-state index contributed by atoms with van der Waals surface area (Å²) in [6.07, 6.45) is 0. The van der Waals surface area contributed by atoms with Crippen LogP contribution in [0.5, 0.6) is 0 Å². The molecule has 0 aromatic heterocycles. The zero-order chi connectivity index (χ0) is 0. The van der Waals surface area contributed by atoms with Crippen LogP contribution in [0.3, 0.4) is 0 Å². The van der Waals surface area contributed by atoms with Crippen LogP contribution in [0.25, 0.3) is 0 Å². The number of hydrogen-bond donors (Lipinski definition) is 0. The van der Waals surface area contributed by atoms with E-state index in [9.17, 15) is 0 Å². The van der Waals surface area contributed by atoms with E-state index in [2.05, 4.69) is 0 Å². The van der Waals surface area contributed by atoms with Crippen molar-refractivity contribution in [3.63, 3.8) is 0 Å². The van der Waals surface area contributed by atoms with E-state index in [0.717, 1.165) is 0 Å². The van der Waals surface area contributed by atoms with E-state index in [-0.39, 0.29) is 71.9 Å². The Labute approximate surface area is 71.3 Å². The molecule has 0 bridgehead atoms. The molecule has 0 nitrogen and oxygen atoms in total. The Kier molecular flexibility index (Phi) is 645. The van der Waals surface area contributed by atoms with E-state index in [1.54, 1.807) is 0 Å². The molecule has 0 rings (SSSR count). The van der Waals surface area contributed by atoms with E-state index in [4.69, 9.17) is 0 Å². The van der Waals surface area contributed by atoms with Crippen LogP contribution in [-0.2, 0) is 0 Å². The maximum atomic E-state index is 0. The summed E-state index contributed by atoms with van der Waals surface area (Å²) in [6, 6.07) is 0. The number of rotatable bonds is 0. The van der Waals surface area contributed by atoms with Crippen molar-refractivity contribution in [2.75, 3.05) is 0 Å². The second-order valence-electron chi connectivity index (χ2n) is 0. The summed E-state index contributed by atoms with van der Waals surface area (Å²) in [6.45, 7) is 0. The topological polar surface area (TPSA) is 0 Å². The van der Waals surface area contributed by atoms with Crippen molar-refractivity contribution in [3.8, 4) is 0 Å². The minimum atomic E-state index is 0. The fourth-order valence-corrected chi connectivity index (χ4v) is 0. The van der Waals surface area contributed by atoms with Crippen molar-refractivity contribution in [2.24, 2.45) is 0 Å². The quantitative estimate of drug-likeness (QED) is 0.294. The van der Waals surface area contributed by atoms with Gasteiger partial charge in [0.2, 0.25) is 0 Å². The van der Waals surface area contributed by atoms with Gasteiger partial charge >= 0.3 is 46.6 Å². The second kappa shape index (κ2) is 43.2. The zero-order valence-corrected chi connectivity index (χ0v) is 6.75. The molecule has 0 heterocycles. The molecule has 0 unspecified atom stereocenters. The van der Waals surface area contributed by atoms with Gasteiger partial charge in [0.15, 0.2) is 0 Å². The fraction of sp³-hybridized carbons (Fsp3) is 0. The predicted octanol–water partition coefficient (Wildman–Crippen LogP) is -6.13. The molecule has 0 saturated heterocycles. The molecule has 0 amide bonds. The van der Waals surface area contributed by atoms with Gasteiger partial charge in [-0.15, -0.1) is 0 Å². The third-order valence-electron chi connectivity index (χ3n) is 0. The average molecular weight is 140 g/mol. The van der Waals surface area contributed by atoms with Crippen LogP contribution < -0.4 is 29.6 Å². The molecule has 0 aromatic carbocycles. The summed E-state index contributed by atoms with van der Waals surface area (Å²) in [5.74, 6) is 0. The minimum absolute atomic E-state index is 0. The van der Waals surface area contributed by atoms with Crippen LogP contribution in [0, 0.1) is 0 Å². The molecular weight excluding hydrogens is 134 g/mol. The van der Waals surface area contributed by atoms with Crippen LogP contribution in [0.4, 0.5) is 0 Å². The summed E-state index contributed by atoms with van der Waals surface area (Å²) in [5.41, 5.74) is 0. The maximum absolute atomic E-state index is 0. The second-order valence-corrected chi connectivity index (χ2v) is 0. The van der Waals surface area contributed by atoms with Crippen LogP contribution in [0.2, 0.25) is 0 Å². The molecular formula is H6B3NaSe. The molecule has 5 heavy (non-hydrogen) atoms. The molecule has 0 N–H and O–H groups in total. The van der Waals surface area contributed by atoms with E-state index < -0.39 is 0 Å².